The van der Waals surface area contributed by atoms with Crippen molar-refractivity contribution in [2.75, 3.05) is 26.2 Å². The van der Waals surface area contributed by atoms with Crippen LogP contribution in [0.15, 0.2) is 0 Å². The molecule has 0 saturated carbocycles. The lowest BCUT2D eigenvalue weighted by Crippen LogP contribution is -2.54. The Kier molecular flexibility index (Phi) is 6.82. The Bertz CT molecular complexity index is 319. The summed E-state index contributed by atoms with van der Waals surface area (Å²) in [5.41, 5.74) is 0. The summed E-state index contributed by atoms with van der Waals surface area (Å²) in [6.45, 7) is 7.19. The smallest absolute Gasteiger partial charge is 0.320 e. The number of nitrogens with zero attached hydrogens (tertiary/aromatic N) is 3. The Morgan fingerprint density at radius 3 is 2.11 bits per heavy atom. The lowest BCUT2D eigenvalue weighted by molar-refractivity contribution is -0.144. The van der Waals surface area contributed by atoms with Crippen molar-refractivity contribution in [3.63, 3.8) is 0 Å². The average Bonchev–Trinajstić information content (AvgIpc) is 2.42. The van der Waals surface area contributed by atoms with E-state index in [2.05, 4.69) is 17.9 Å². The Balaban J connectivity index is 2.51. The summed E-state index contributed by atoms with van der Waals surface area (Å²) >= 11 is 0. The first-order valence-electron chi connectivity index (χ1n) is 7.24. The lowest BCUT2D eigenvalue weighted by atomic mass is 10.1. The van der Waals surface area contributed by atoms with Crippen LogP contribution in [0.25, 0.3) is 0 Å². The van der Waals surface area contributed by atoms with E-state index in [0.29, 0.717) is 6.42 Å². The quantitative estimate of drug-likeness (QED) is 0.758. The van der Waals surface area contributed by atoms with Crippen molar-refractivity contribution in [2.24, 2.45) is 0 Å². The number of carbonyl (C=O) groups is 1. The number of carboxylic acids is 1. The van der Waals surface area contributed by atoms with E-state index >= 15 is 0 Å². The van der Waals surface area contributed by atoms with Crippen LogP contribution in [-0.4, -0.2) is 59.1 Å². The van der Waals surface area contributed by atoms with E-state index in [1.54, 1.807) is 0 Å². The zero-order chi connectivity index (χ0) is 14.3. The largest absolute Gasteiger partial charge is 0.480 e. The highest BCUT2D eigenvalue weighted by molar-refractivity contribution is 5.73. The first-order valence-corrected chi connectivity index (χ1v) is 7.24. The molecule has 2 atom stereocenters. The average molecular weight is 267 g/mol. The highest BCUT2D eigenvalue weighted by Crippen LogP contribution is 2.15. The van der Waals surface area contributed by atoms with Crippen molar-refractivity contribution in [1.29, 1.82) is 5.26 Å². The number of piperazine rings is 1. The predicted molar refractivity (Wildman–Crippen MR) is 73.8 cm³/mol. The normalized spacial score (nSPS) is 20.7. The Morgan fingerprint density at radius 1 is 1.16 bits per heavy atom. The van der Waals surface area contributed by atoms with Gasteiger partial charge in [-0.25, -0.2) is 0 Å². The maximum Gasteiger partial charge on any atom is 0.320 e. The third-order valence-electron chi connectivity index (χ3n) is 3.79. The van der Waals surface area contributed by atoms with Crippen LogP contribution in [0.2, 0.25) is 0 Å². The van der Waals surface area contributed by atoms with Crippen LogP contribution < -0.4 is 0 Å². The molecule has 5 heteroatoms. The molecule has 1 saturated heterocycles. The molecule has 0 amide bonds. The van der Waals surface area contributed by atoms with Crippen molar-refractivity contribution in [2.45, 2.75) is 51.6 Å². The third kappa shape index (κ3) is 4.48. The van der Waals surface area contributed by atoms with Gasteiger partial charge >= 0.3 is 5.97 Å². The van der Waals surface area contributed by atoms with Crippen LogP contribution in [0.5, 0.6) is 0 Å². The van der Waals surface area contributed by atoms with Crippen LogP contribution in [0.4, 0.5) is 0 Å². The first kappa shape index (κ1) is 15.9. The van der Waals surface area contributed by atoms with Gasteiger partial charge in [0.15, 0.2) is 0 Å². The number of aliphatic carboxylic acids is 1. The van der Waals surface area contributed by atoms with Gasteiger partial charge in [-0.2, -0.15) is 5.26 Å². The van der Waals surface area contributed by atoms with Crippen LogP contribution in [0.3, 0.4) is 0 Å². The molecule has 1 rings (SSSR count). The Morgan fingerprint density at radius 2 is 1.68 bits per heavy atom. The second kappa shape index (κ2) is 8.13. The van der Waals surface area contributed by atoms with Gasteiger partial charge in [0.1, 0.15) is 6.04 Å². The molecule has 0 bridgehead atoms. The van der Waals surface area contributed by atoms with Crippen LogP contribution in [0, 0.1) is 11.3 Å². The number of carboxylic acid groups (broad SMARTS) is 1. The molecule has 1 N–H and O–H groups in total. The van der Waals surface area contributed by atoms with Crippen LogP contribution in [0.1, 0.15) is 39.5 Å². The minimum Gasteiger partial charge on any atom is -0.480 e. The monoisotopic (exact) mass is 267 g/mol. The number of hydrogen-bond acceptors (Lipinski definition) is 4. The first-order chi connectivity index (χ1) is 9.13. The fraction of sp³-hybridized carbons (Fsp3) is 0.857. The van der Waals surface area contributed by atoms with Gasteiger partial charge in [-0.15, -0.1) is 0 Å². The highest BCUT2D eigenvalue weighted by atomic mass is 16.4. The minimum absolute atomic E-state index is 0.0124. The fourth-order valence-electron chi connectivity index (χ4n) is 2.70. The summed E-state index contributed by atoms with van der Waals surface area (Å²) in [5, 5.41) is 18.4. The van der Waals surface area contributed by atoms with E-state index in [-0.39, 0.29) is 12.1 Å². The summed E-state index contributed by atoms with van der Waals surface area (Å²) in [6.07, 6.45) is 3.49. The van der Waals surface area contributed by atoms with Crippen molar-refractivity contribution in [3.8, 4) is 6.07 Å². The summed E-state index contributed by atoms with van der Waals surface area (Å²) in [5.74, 6) is -0.722. The molecule has 1 fully saturated rings. The van der Waals surface area contributed by atoms with Gasteiger partial charge in [0.05, 0.1) is 12.1 Å². The van der Waals surface area contributed by atoms with Gasteiger partial charge in [0, 0.05) is 26.2 Å². The van der Waals surface area contributed by atoms with Crippen molar-refractivity contribution >= 4 is 5.97 Å². The topological polar surface area (TPSA) is 67.6 Å². The molecule has 0 aliphatic carbocycles. The molecule has 0 aromatic heterocycles. The summed E-state index contributed by atoms with van der Waals surface area (Å²) < 4.78 is 0. The van der Waals surface area contributed by atoms with E-state index in [0.717, 1.165) is 45.4 Å². The number of nitriles is 1. The number of hydrogen-bond donors (Lipinski definition) is 1. The van der Waals surface area contributed by atoms with Gasteiger partial charge in [-0.05, 0) is 12.8 Å². The van der Waals surface area contributed by atoms with E-state index < -0.39 is 5.97 Å². The summed E-state index contributed by atoms with van der Waals surface area (Å²) in [4.78, 5) is 15.5. The van der Waals surface area contributed by atoms with Gasteiger partial charge < -0.3 is 5.11 Å². The van der Waals surface area contributed by atoms with Gasteiger partial charge in [0.25, 0.3) is 0 Å². The molecular formula is C14H25N3O2. The summed E-state index contributed by atoms with van der Waals surface area (Å²) in [7, 11) is 0. The molecule has 0 aromatic carbocycles. The molecule has 1 heterocycles. The molecule has 1 aliphatic rings. The second-order valence-corrected chi connectivity index (χ2v) is 5.15. The van der Waals surface area contributed by atoms with Crippen molar-refractivity contribution < 1.29 is 9.90 Å². The minimum atomic E-state index is -0.722. The molecular weight excluding hydrogens is 242 g/mol. The van der Waals surface area contributed by atoms with E-state index in [1.165, 1.54) is 0 Å². The molecule has 1 aliphatic heterocycles. The van der Waals surface area contributed by atoms with Gasteiger partial charge in [0.2, 0.25) is 0 Å². The van der Waals surface area contributed by atoms with E-state index in [1.807, 2.05) is 11.8 Å². The lowest BCUT2D eigenvalue weighted by Gasteiger charge is -2.39. The maximum absolute atomic E-state index is 11.3. The molecule has 5 nitrogen and oxygen atoms in total. The zero-order valence-corrected chi connectivity index (χ0v) is 12.0. The third-order valence-corrected chi connectivity index (χ3v) is 3.79. The van der Waals surface area contributed by atoms with Crippen LogP contribution in [-0.2, 0) is 4.79 Å². The highest BCUT2D eigenvalue weighted by Gasteiger charge is 2.30. The molecule has 0 aromatic rings. The van der Waals surface area contributed by atoms with Crippen molar-refractivity contribution in [3.05, 3.63) is 0 Å². The molecule has 19 heavy (non-hydrogen) atoms. The van der Waals surface area contributed by atoms with Gasteiger partial charge in [-0.1, -0.05) is 26.7 Å². The van der Waals surface area contributed by atoms with Crippen LogP contribution >= 0.6 is 0 Å². The predicted octanol–water partition coefficient (Wildman–Crippen LogP) is 1.55. The molecule has 2 unspecified atom stereocenters. The summed E-state index contributed by atoms with van der Waals surface area (Å²) in [6, 6.07) is 1.98. The molecule has 108 valence electrons. The van der Waals surface area contributed by atoms with Crippen molar-refractivity contribution in [1.82, 2.24) is 9.80 Å². The Hall–Kier alpha value is -1.12. The molecule has 0 radical (unpaired) electrons. The second-order valence-electron chi connectivity index (χ2n) is 5.15. The number of rotatable bonds is 7. The SMILES string of the molecule is CCCC(C#N)N1CCN(C(CCC)C(=O)O)CC1. The Labute approximate surface area is 115 Å². The van der Waals surface area contributed by atoms with Gasteiger partial charge in [-0.3, -0.25) is 14.6 Å². The standard InChI is InChI=1S/C14H25N3O2/c1-3-5-12(11-15)16-7-9-17(10-8-16)13(6-4-2)14(18)19/h12-13H,3-10H2,1-2H3,(H,18,19). The van der Waals surface area contributed by atoms with E-state index in [9.17, 15) is 9.90 Å². The fourth-order valence-corrected chi connectivity index (χ4v) is 2.70. The van der Waals surface area contributed by atoms with E-state index in [4.69, 9.17) is 5.26 Å². The maximum atomic E-state index is 11.3. The zero-order valence-electron chi connectivity index (χ0n) is 12.0. The molecule has 0 spiro atoms.